The van der Waals surface area contributed by atoms with Crippen molar-refractivity contribution < 1.29 is 18.8 Å². The second kappa shape index (κ2) is 7.12. The van der Waals surface area contributed by atoms with Gasteiger partial charge in [-0.15, -0.1) is 0 Å². The molecule has 0 fully saturated rings. The molecule has 0 aliphatic rings. The number of non-ortho nitro benzene ring substituents is 1. The monoisotopic (exact) mass is 317 g/mol. The summed E-state index contributed by atoms with van der Waals surface area (Å²) in [6, 6.07) is 9.15. The molecular weight excluding hydrogens is 305 g/mol. The number of benzene rings is 2. The summed E-state index contributed by atoms with van der Waals surface area (Å²) < 4.78 is 17.8. The molecular formula is C15H12FN3O4. The number of methoxy groups -OCH3 is 1. The molecule has 0 saturated heterocycles. The van der Waals surface area contributed by atoms with E-state index in [4.69, 9.17) is 4.74 Å². The first kappa shape index (κ1) is 16.1. The lowest BCUT2D eigenvalue weighted by Gasteiger charge is -2.06. The van der Waals surface area contributed by atoms with Crippen LogP contribution in [0.3, 0.4) is 0 Å². The zero-order chi connectivity index (χ0) is 16.8. The van der Waals surface area contributed by atoms with Crippen LogP contribution >= 0.6 is 0 Å². The third-order valence-electron chi connectivity index (χ3n) is 2.89. The van der Waals surface area contributed by atoms with Crippen LogP contribution in [0.15, 0.2) is 47.6 Å². The Kier molecular flexibility index (Phi) is 4.98. The lowest BCUT2D eigenvalue weighted by Crippen LogP contribution is -2.18. The zero-order valence-electron chi connectivity index (χ0n) is 12.0. The Hall–Kier alpha value is -3.29. The van der Waals surface area contributed by atoms with Crippen molar-refractivity contribution in [3.8, 4) is 5.75 Å². The molecule has 0 bridgehead atoms. The minimum Gasteiger partial charge on any atom is -0.496 e. The summed E-state index contributed by atoms with van der Waals surface area (Å²) in [5.74, 6) is -0.860. The van der Waals surface area contributed by atoms with Gasteiger partial charge in [-0.2, -0.15) is 5.10 Å². The standard InChI is InChI=1S/C15H12FN3O4/c1-23-14-7-6-12(19(21)22)8-13(14)15(20)18-17-9-10-2-4-11(16)5-3-10/h2-9H,1H3,(H,18,20). The van der Waals surface area contributed by atoms with E-state index in [9.17, 15) is 19.3 Å². The number of hydrogen-bond donors (Lipinski definition) is 1. The molecule has 7 nitrogen and oxygen atoms in total. The Morgan fingerprint density at radius 1 is 1.30 bits per heavy atom. The van der Waals surface area contributed by atoms with Gasteiger partial charge in [0.05, 0.1) is 23.8 Å². The Labute approximate surface area is 130 Å². The number of carbonyl (C=O) groups is 1. The van der Waals surface area contributed by atoms with Gasteiger partial charge in [0.15, 0.2) is 0 Å². The number of nitro benzene ring substituents is 1. The van der Waals surface area contributed by atoms with Gasteiger partial charge in [-0.05, 0) is 23.8 Å². The highest BCUT2D eigenvalue weighted by Gasteiger charge is 2.17. The van der Waals surface area contributed by atoms with E-state index in [-0.39, 0.29) is 22.8 Å². The average molecular weight is 317 g/mol. The van der Waals surface area contributed by atoms with Gasteiger partial charge in [0.25, 0.3) is 11.6 Å². The van der Waals surface area contributed by atoms with Crippen LogP contribution in [0.5, 0.6) is 5.75 Å². The van der Waals surface area contributed by atoms with Crippen LogP contribution in [0.1, 0.15) is 15.9 Å². The van der Waals surface area contributed by atoms with Crippen molar-refractivity contribution in [3.05, 3.63) is 69.5 Å². The average Bonchev–Trinajstić information content (AvgIpc) is 2.55. The van der Waals surface area contributed by atoms with Crippen LogP contribution in [0.4, 0.5) is 10.1 Å². The van der Waals surface area contributed by atoms with E-state index in [0.29, 0.717) is 5.56 Å². The fraction of sp³-hybridized carbons (Fsp3) is 0.0667. The van der Waals surface area contributed by atoms with E-state index in [0.717, 1.165) is 6.07 Å². The number of nitrogens with one attached hydrogen (secondary N) is 1. The molecule has 1 amide bonds. The maximum Gasteiger partial charge on any atom is 0.275 e. The maximum absolute atomic E-state index is 12.8. The number of carbonyl (C=O) groups excluding carboxylic acids is 1. The molecule has 0 saturated carbocycles. The number of nitrogens with zero attached hydrogens (tertiary/aromatic N) is 2. The van der Waals surface area contributed by atoms with Gasteiger partial charge in [-0.1, -0.05) is 12.1 Å². The Morgan fingerprint density at radius 3 is 2.61 bits per heavy atom. The molecule has 23 heavy (non-hydrogen) atoms. The van der Waals surface area contributed by atoms with Crippen molar-refractivity contribution in [2.75, 3.05) is 7.11 Å². The van der Waals surface area contributed by atoms with Crippen molar-refractivity contribution in [2.45, 2.75) is 0 Å². The molecule has 2 aromatic carbocycles. The van der Waals surface area contributed by atoms with Crippen molar-refractivity contribution in [3.63, 3.8) is 0 Å². The summed E-state index contributed by atoms with van der Waals surface area (Å²) in [6.07, 6.45) is 1.32. The smallest absolute Gasteiger partial charge is 0.275 e. The first-order valence-corrected chi connectivity index (χ1v) is 6.42. The molecule has 0 aromatic heterocycles. The predicted molar refractivity (Wildman–Crippen MR) is 81.1 cm³/mol. The fourth-order valence-electron chi connectivity index (χ4n) is 1.76. The van der Waals surface area contributed by atoms with Gasteiger partial charge >= 0.3 is 0 Å². The van der Waals surface area contributed by atoms with Crippen LogP contribution in [-0.4, -0.2) is 24.2 Å². The van der Waals surface area contributed by atoms with Crippen LogP contribution in [-0.2, 0) is 0 Å². The molecule has 118 valence electrons. The van der Waals surface area contributed by atoms with Gasteiger partial charge in [0.1, 0.15) is 11.6 Å². The highest BCUT2D eigenvalue weighted by molar-refractivity contribution is 5.98. The SMILES string of the molecule is COc1ccc([N+](=O)[O-])cc1C(=O)NN=Cc1ccc(F)cc1. The maximum atomic E-state index is 12.8. The number of hydrazone groups is 1. The molecule has 0 atom stereocenters. The van der Waals surface area contributed by atoms with Gasteiger partial charge < -0.3 is 4.74 Å². The predicted octanol–water partition coefficient (Wildman–Crippen LogP) is 2.51. The summed E-state index contributed by atoms with van der Waals surface area (Å²) in [6.45, 7) is 0. The molecule has 0 heterocycles. The van der Waals surface area contributed by atoms with Gasteiger partial charge in [0, 0.05) is 12.1 Å². The first-order chi connectivity index (χ1) is 11.0. The van der Waals surface area contributed by atoms with Crippen LogP contribution in [0.2, 0.25) is 0 Å². The van der Waals surface area contributed by atoms with E-state index >= 15 is 0 Å². The number of nitro groups is 1. The summed E-state index contributed by atoms with van der Waals surface area (Å²) >= 11 is 0. The van der Waals surface area contributed by atoms with Crippen molar-refractivity contribution in [1.82, 2.24) is 5.43 Å². The molecule has 0 radical (unpaired) electrons. The first-order valence-electron chi connectivity index (χ1n) is 6.42. The summed E-state index contributed by atoms with van der Waals surface area (Å²) in [7, 11) is 1.35. The highest BCUT2D eigenvalue weighted by Crippen LogP contribution is 2.23. The lowest BCUT2D eigenvalue weighted by molar-refractivity contribution is -0.384. The van der Waals surface area contributed by atoms with E-state index in [1.807, 2.05) is 0 Å². The number of amides is 1. The lowest BCUT2D eigenvalue weighted by atomic mass is 10.1. The molecule has 8 heteroatoms. The number of rotatable bonds is 5. The Balaban J connectivity index is 2.15. The minimum atomic E-state index is -0.663. The Morgan fingerprint density at radius 2 is 2.00 bits per heavy atom. The van der Waals surface area contributed by atoms with Crippen molar-refractivity contribution in [1.29, 1.82) is 0 Å². The van der Waals surface area contributed by atoms with Crippen LogP contribution in [0.25, 0.3) is 0 Å². The quantitative estimate of drug-likeness (QED) is 0.521. The van der Waals surface area contributed by atoms with E-state index in [1.54, 1.807) is 0 Å². The van der Waals surface area contributed by atoms with Gasteiger partial charge in [-0.25, -0.2) is 9.82 Å². The number of ether oxygens (including phenoxy) is 1. The van der Waals surface area contributed by atoms with E-state index in [2.05, 4.69) is 10.5 Å². The molecule has 0 unspecified atom stereocenters. The highest BCUT2D eigenvalue weighted by atomic mass is 19.1. The topological polar surface area (TPSA) is 93.8 Å². The molecule has 0 aliphatic carbocycles. The van der Waals surface area contributed by atoms with Crippen molar-refractivity contribution in [2.24, 2.45) is 5.10 Å². The largest absolute Gasteiger partial charge is 0.496 e. The minimum absolute atomic E-state index is 0.0158. The fourth-order valence-corrected chi connectivity index (χ4v) is 1.76. The number of halogens is 1. The zero-order valence-corrected chi connectivity index (χ0v) is 12.0. The number of hydrogen-bond acceptors (Lipinski definition) is 5. The molecule has 2 aromatic rings. The molecule has 0 aliphatic heterocycles. The van der Waals surface area contributed by atoms with Gasteiger partial charge in [-0.3, -0.25) is 14.9 Å². The van der Waals surface area contributed by atoms with E-state index in [1.165, 1.54) is 49.7 Å². The second-order valence-corrected chi connectivity index (χ2v) is 4.39. The molecule has 1 N–H and O–H groups in total. The van der Waals surface area contributed by atoms with Crippen molar-refractivity contribution >= 4 is 17.8 Å². The summed E-state index contributed by atoms with van der Waals surface area (Å²) in [5.41, 5.74) is 2.56. The molecule has 2 rings (SSSR count). The normalized spacial score (nSPS) is 10.5. The third-order valence-corrected chi connectivity index (χ3v) is 2.89. The third kappa shape index (κ3) is 4.10. The summed E-state index contributed by atoms with van der Waals surface area (Å²) in [4.78, 5) is 22.2. The van der Waals surface area contributed by atoms with E-state index < -0.39 is 10.8 Å². The summed E-state index contributed by atoms with van der Waals surface area (Å²) in [5, 5.41) is 14.5. The second-order valence-electron chi connectivity index (χ2n) is 4.39. The Bertz CT molecular complexity index is 760. The van der Waals surface area contributed by atoms with Gasteiger partial charge in [0.2, 0.25) is 0 Å². The van der Waals surface area contributed by atoms with Crippen LogP contribution < -0.4 is 10.2 Å². The molecule has 0 spiro atoms. The van der Waals surface area contributed by atoms with Crippen LogP contribution in [0, 0.1) is 15.9 Å².